The molecule has 1 unspecified atom stereocenters. The van der Waals surface area contributed by atoms with Crippen LogP contribution in [0, 0.1) is 0 Å². The molecule has 1 aromatic carbocycles. The minimum absolute atomic E-state index is 0.0811. The number of allylic oxidation sites excluding steroid dienone is 1. The summed E-state index contributed by atoms with van der Waals surface area (Å²) in [6.07, 6.45) is 4.22. The molecule has 1 saturated carbocycles. The predicted octanol–water partition coefficient (Wildman–Crippen LogP) is 3.00. The van der Waals surface area contributed by atoms with Gasteiger partial charge in [0.2, 0.25) is 0 Å². The number of nitrogens with zero attached hydrogens (tertiary/aromatic N) is 2. The Morgan fingerprint density at radius 2 is 2.09 bits per heavy atom. The quantitative estimate of drug-likeness (QED) is 0.845. The van der Waals surface area contributed by atoms with E-state index in [1.54, 1.807) is 18.3 Å². The van der Waals surface area contributed by atoms with Gasteiger partial charge in [0.1, 0.15) is 5.75 Å². The Bertz CT molecular complexity index is 798. The first-order chi connectivity index (χ1) is 10.7. The van der Waals surface area contributed by atoms with Crippen molar-refractivity contribution in [3.05, 3.63) is 47.7 Å². The predicted molar refractivity (Wildman–Crippen MR) is 82.4 cm³/mol. The molecule has 2 aliphatic rings. The van der Waals surface area contributed by atoms with Crippen LogP contribution in [-0.4, -0.2) is 21.1 Å². The molecular formula is C17H15N3O2. The maximum absolute atomic E-state index is 12.1. The zero-order valence-corrected chi connectivity index (χ0v) is 11.9. The van der Waals surface area contributed by atoms with Gasteiger partial charge in [0, 0.05) is 35.2 Å². The summed E-state index contributed by atoms with van der Waals surface area (Å²) in [6, 6.07) is 8.99. The first-order valence-corrected chi connectivity index (χ1v) is 7.40. The zero-order chi connectivity index (χ0) is 15.1. The molecule has 5 nitrogen and oxygen atoms in total. The van der Waals surface area contributed by atoms with Gasteiger partial charge in [0.05, 0.1) is 5.69 Å². The fourth-order valence-corrected chi connectivity index (χ4v) is 3.22. The van der Waals surface area contributed by atoms with E-state index in [2.05, 4.69) is 15.5 Å². The van der Waals surface area contributed by atoms with Crippen LogP contribution in [0.15, 0.2) is 42.1 Å². The van der Waals surface area contributed by atoms with E-state index in [9.17, 15) is 9.90 Å². The Labute approximate surface area is 127 Å². The van der Waals surface area contributed by atoms with E-state index in [0.717, 1.165) is 24.0 Å². The summed E-state index contributed by atoms with van der Waals surface area (Å²) in [5, 5.41) is 21.5. The normalized spacial score (nSPS) is 19.7. The van der Waals surface area contributed by atoms with Crippen molar-refractivity contribution >= 4 is 11.6 Å². The summed E-state index contributed by atoms with van der Waals surface area (Å²) in [5.41, 5.74) is 3.09. The number of hydrogen-bond donors (Lipinski definition) is 2. The molecule has 4 rings (SSSR count). The first kappa shape index (κ1) is 13.0. The van der Waals surface area contributed by atoms with Gasteiger partial charge >= 0.3 is 0 Å². The van der Waals surface area contributed by atoms with Crippen molar-refractivity contribution in [1.29, 1.82) is 0 Å². The van der Waals surface area contributed by atoms with Crippen LogP contribution in [0.3, 0.4) is 0 Å². The fourth-order valence-electron chi connectivity index (χ4n) is 3.22. The molecule has 1 atom stereocenters. The number of ketones is 1. The van der Waals surface area contributed by atoms with Crippen LogP contribution >= 0.6 is 0 Å². The number of rotatable bonds is 1. The molecule has 0 saturated heterocycles. The number of fused-ring (bicyclic) bond motifs is 3. The van der Waals surface area contributed by atoms with Crippen LogP contribution in [0.1, 0.15) is 30.7 Å². The van der Waals surface area contributed by atoms with Gasteiger partial charge < -0.3 is 10.4 Å². The number of aromatic hydroxyl groups is 1. The lowest BCUT2D eigenvalue weighted by Gasteiger charge is -2.29. The molecule has 0 radical (unpaired) electrons. The van der Waals surface area contributed by atoms with E-state index in [1.807, 2.05) is 18.2 Å². The SMILES string of the molecule is O=C1CCCC2C1=CNc1nnc(-c3ccccc3O)cc12. The Morgan fingerprint density at radius 3 is 2.95 bits per heavy atom. The third-order valence-electron chi connectivity index (χ3n) is 4.34. The zero-order valence-electron chi connectivity index (χ0n) is 11.9. The van der Waals surface area contributed by atoms with E-state index >= 15 is 0 Å². The van der Waals surface area contributed by atoms with Crippen LogP contribution in [0.5, 0.6) is 5.75 Å². The van der Waals surface area contributed by atoms with Gasteiger partial charge in [-0.1, -0.05) is 12.1 Å². The Kier molecular flexibility index (Phi) is 2.92. The van der Waals surface area contributed by atoms with Gasteiger partial charge in [-0.2, -0.15) is 0 Å². The number of hydrogen-bond acceptors (Lipinski definition) is 5. The highest BCUT2D eigenvalue weighted by Gasteiger charge is 2.32. The summed E-state index contributed by atoms with van der Waals surface area (Å²) in [6.45, 7) is 0. The van der Waals surface area contributed by atoms with Gasteiger partial charge in [0.15, 0.2) is 11.6 Å². The Morgan fingerprint density at radius 1 is 1.23 bits per heavy atom. The van der Waals surface area contributed by atoms with Crippen LogP contribution in [0.25, 0.3) is 11.3 Å². The van der Waals surface area contributed by atoms with E-state index in [-0.39, 0.29) is 17.5 Å². The number of nitrogens with one attached hydrogen (secondary N) is 1. The number of carbonyl (C=O) groups is 1. The molecule has 0 spiro atoms. The van der Waals surface area contributed by atoms with E-state index in [4.69, 9.17) is 0 Å². The van der Waals surface area contributed by atoms with Gasteiger partial charge in [-0.15, -0.1) is 10.2 Å². The highest BCUT2D eigenvalue weighted by atomic mass is 16.3. The molecule has 0 bridgehead atoms. The minimum atomic E-state index is 0.0811. The lowest BCUT2D eigenvalue weighted by atomic mass is 9.78. The van der Waals surface area contributed by atoms with Gasteiger partial charge in [-0.3, -0.25) is 4.79 Å². The van der Waals surface area contributed by atoms with Crippen molar-refractivity contribution in [3.63, 3.8) is 0 Å². The highest BCUT2D eigenvalue weighted by Crippen LogP contribution is 2.42. The second kappa shape index (κ2) is 4.94. The second-order valence-electron chi connectivity index (χ2n) is 5.66. The molecule has 22 heavy (non-hydrogen) atoms. The molecule has 0 amide bonds. The number of para-hydroxylation sites is 1. The van der Waals surface area contributed by atoms with Crippen molar-refractivity contribution < 1.29 is 9.90 Å². The average molecular weight is 293 g/mol. The van der Waals surface area contributed by atoms with E-state index < -0.39 is 0 Å². The number of phenols is 1. The largest absolute Gasteiger partial charge is 0.507 e. The molecule has 5 heteroatoms. The van der Waals surface area contributed by atoms with Crippen LogP contribution < -0.4 is 5.32 Å². The van der Waals surface area contributed by atoms with Gasteiger partial charge in [-0.05, 0) is 31.0 Å². The first-order valence-electron chi connectivity index (χ1n) is 7.40. The smallest absolute Gasteiger partial charge is 0.160 e. The average Bonchev–Trinajstić information content (AvgIpc) is 2.55. The van der Waals surface area contributed by atoms with Crippen molar-refractivity contribution in [2.45, 2.75) is 25.2 Å². The number of benzene rings is 1. The van der Waals surface area contributed by atoms with E-state index in [1.165, 1.54) is 0 Å². The summed E-state index contributed by atoms with van der Waals surface area (Å²) in [7, 11) is 0. The van der Waals surface area contributed by atoms with Crippen molar-refractivity contribution in [2.75, 3.05) is 5.32 Å². The van der Waals surface area contributed by atoms with E-state index in [0.29, 0.717) is 23.5 Å². The number of carbonyl (C=O) groups excluding carboxylic acids is 1. The summed E-state index contributed by atoms with van der Waals surface area (Å²) in [5.74, 6) is 1.16. The maximum atomic E-state index is 12.1. The third-order valence-corrected chi connectivity index (χ3v) is 4.34. The molecule has 1 fully saturated rings. The Hall–Kier alpha value is -2.69. The standard InChI is InChI=1S/C17H15N3O2/c21-15-6-2-1-4-11(15)14-8-12-10-5-3-7-16(22)13(10)9-18-17(12)20-19-14/h1-2,4,6,8-10,21H,3,5,7H2,(H,18,20). The summed E-state index contributed by atoms with van der Waals surface area (Å²) >= 11 is 0. The minimum Gasteiger partial charge on any atom is -0.507 e. The number of phenolic OH excluding ortho intramolecular Hbond substituents is 1. The molecule has 2 N–H and O–H groups in total. The lowest BCUT2D eigenvalue weighted by Crippen LogP contribution is -2.23. The maximum Gasteiger partial charge on any atom is 0.160 e. The Balaban J connectivity index is 1.81. The molecule has 1 aromatic heterocycles. The number of anilines is 1. The topological polar surface area (TPSA) is 75.1 Å². The molecule has 110 valence electrons. The van der Waals surface area contributed by atoms with Crippen molar-refractivity contribution in [2.24, 2.45) is 0 Å². The number of Topliss-reactive ketones (excluding diaryl/α,β-unsaturated/α-hetero) is 1. The summed E-state index contributed by atoms with van der Waals surface area (Å²) < 4.78 is 0. The third kappa shape index (κ3) is 1.97. The van der Waals surface area contributed by atoms with Crippen LogP contribution in [-0.2, 0) is 4.79 Å². The molecular weight excluding hydrogens is 278 g/mol. The highest BCUT2D eigenvalue weighted by molar-refractivity contribution is 5.99. The molecule has 1 aliphatic carbocycles. The fraction of sp³-hybridized carbons (Fsp3) is 0.235. The van der Waals surface area contributed by atoms with Crippen molar-refractivity contribution in [1.82, 2.24) is 10.2 Å². The summed E-state index contributed by atoms with van der Waals surface area (Å²) in [4.78, 5) is 12.1. The molecule has 2 aromatic rings. The molecule has 2 heterocycles. The number of aromatic nitrogens is 2. The van der Waals surface area contributed by atoms with Gasteiger partial charge in [0.25, 0.3) is 0 Å². The lowest BCUT2D eigenvalue weighted by molar-refractivity contribution is -0.116. The second-order valence-corrected chi connectivity index (χ2v) is 5.66. The van der Waals surface area contributed by atoms with Crippen LogP contribution in [0.2, 0.25) is 0 Å². The van der Waals surface area contributed by atoms with Crippen LogP contribution in [0.4, 0.5) is 5.82 Å². The monoisotopic (exact) mass is 293 g/mol. The molecule has 1 aliphatic heterocycles. The van der Waals surface area contributed by atoms with Gasteiger partial charge in [-0.25, -0.2) is 0 Å². The van der Waals surface area contributed by atoms with Crippen molar-refractivity contribution in [3.8, 4) is 17.0 Å².